The molecule has 1 aromatic carbocycles. The van der Waals surface area contributed by atoms with Gasteiger partial charge in [0.2, 0.25) is 0 Å². The van der Waals surface area contributed by atoms with E-state index in [1.807, 2.05) is 24.0 Å². The molecule has 23 heavy (non-hydrogen) atoms. The summed E-state index contributed by atoms with van der Waals surface area (Å²) >= 11 is 1.89. The summed E-state index contributed by atoms with van der Waals surface area (Å²) in [5.41, 5.74) is 3.72. The van der Waals surface area contributed by atoms with Crippen molar-refractivity contribution < 1.29 is 0 Å². The highest BCUT2D eigenvalue weighted by atomic mass is 32.2. The molecule has 2 aliphatic rings. The number of aromatic nitrogens is 1. The predicted molar refractivity (Wildman–Crippen MR) is 96.7 cm³/mol. The van der Waals surface area contributed by atoms with E-state index in [-0.39, 0.29) is 12.1 Å². The van der Waals surface area contributed by atoms with Gasteiger partial charge in [0.15, 0.2) is 5.17 Å². The van der Waals surface area contributed by atoms with Crippen LogP contribution in [0.3, 0.4) is 0 Å². The van der Waals surface area contributed by atoms with Crippen molar-refractivity contribution in [1.29, 1.82) is 0 Å². The molecule has 4 rings (SSSR count). The van der Waals surface area contributed by atoms with E-state index in [4.69, 9.17) is 4.99 Å². The van der Waals surface area contributed by atoms with E-state index in [0.717, 1.165) is 17.9 Å². The first-order valence-corrected chi connectivity index (χ1v) is 9.23. The molecule has 4 heteroatoms. The van der Waals surface area contributed by atoms with Crippen molar-refractivity contribution in [2.45, 2.75) is 38.4 Å². The van der Waals surface area contributed by atoms with Gasteiger partial charge in [-0.3, -0.25) is 9.98 Å². The second-order valence-electron chi connectivity index (χ2n) is 6.25. The van der Waals surface area contributed by atoms with Crippen LogP contribution in [0.2, 0.25) is 0 Å². The van der Waals surface area contributed by atoms with Crippen molar-refractivity contribution in [2.24, 2.45) is 4.99 Å². The fourth-order valence-electron chi connectivity index (χ4n) is 3.56. The van der Waals surface area contributed by atoms with Crippen LogP contribution in [0.25, 0.3) is 0 Å². The minimum absolute atomic E-state index is 0.0925. The quantitative estimate of drug-likeness (QED) is 0.840. The number of hydrogen-bond acceptors (Lipinski definition) is 4. The normalized spacial score (nSPS) is 26.3. The molecule has 3 heterocycles. The second kappa shape index (κ2) is 6.00. The summed E-state index contributed by atoms with van der Waals surface area (Å²) in [5, 5.41) is 1.19. The van der Waals surface area contributed by atoms with Crippen molar-refractivity contribution in [3.8, 4) is 0 Å². The van der Waals surface area contributed by atoms with Gasteiger partial charge >= 0.3 is 0 Å². The van der Waals surface area contributed by atoms with Crippen molar-refractivity contribution >= 4 is 16.9 Å². The standard InChI is InChI=1S/C19H21N3S/c1-3-15-12-23-19-21-17(16-9-4-5-10-20-16)18(22(15)19)14-8-6-7-13(2)11-14/h4-11,15,17-18H,3,12H2,1-2H3/t15-,17+,18-/m1/s1. The third-order valence-corrected chi connectivity index (χ3v) is 5.84. The molecule has 0 amide bonds. The number of fused-ring (bicyclic) bond motifs is 1. The average molecular weight is 323 g/mol. The van der Waals surface area contributed by atoms with Gasteiger partial charge in [0.05, 0.1) is 11.7 Å². The van der Waals surface area contributed by atoms with E-state index in [0.29, 0.717) is 6.04 Å². The van der Waals surface area contributed by atoms with Gasteiger partial charge in [-0.2, -0.15) is 0 Å². The SMILES string of the molecule is CC[C@@H]1CSC2=N[C@@H](c3ccccn3)[C@@H](c3cccc(C)c3)N21. The summed E-state index contributed by atoms with van der Waals surface area (Å²) in [7, 11) is 0. The summed E-state index contributed by atoms with van der Waals surface area (Å²) in [6, 6.07) is 15.9. The van der Waals surface area contributed by atoms with Crippen molar-refractivity contribution in [1.82, 2.24) is 9.88 Å². The Morgan fingerprint density at radius 3 is 2.87 bits per heavy atom. The van der Waals surface area contributed by atoms with Gasteiger partial charge in [0.25, 0.3) is 0 Å². The lowest BCUT2D eigenvalue weighted by Crippen LogP contribution is -2.35. The first kappa shape index (κ1) is 14.8. The van der Waals surface area contributed by atoms with Crippen LogP contribution in [0, 0.1) is 6.92 Å². The molecule has 0 aliphatic carbocycles. The highest BCUT2D eigenvalue weighted by Gasteiger charge is 2.45. The van der Waals surface area contributed by atoms with Crippen LogP contribution < -0.4 is 0 Å². The Labute approximate surface area is 141 Å². The van der Waals surface area contributed by atoms with E-state index in [1.54, 1.807) is 0 Å². The molecule has 2 aliphatic heterocycles. The Hall–Kier alpha value is -1.81. The Morgan fingerprint density at radius 2 is 2.13 bits per heavy atom. The maximum absolute atomic E-state index is 5.05. The van der Waals surface area contributed by atoms with Crippen molar-refractivity contribution in [3.63, 3.8) is 0 Å². The zero-order chi connectivity index (χ0) is 15.8. The zero-order valence-corrected chi connectivity index (χ0v) is 14.3. The van der Waals surface area contributed by atoms with Gasteiger partial charge < -0.3 is 4.90 Å². The number of pyridine rings is 1. The first-order valence-electron chi connectivity index (χ1n) is 8.24. The number of benzene rings is 1. The lowest BCUT2D eigenvalue weighted by molar-refractivity contribution is 0.255. The minimum atomic E-state index is 0.0925. The molecule has 0 saturated carbocycles. The molecule has 0 radical (unpaired) electrons. The van der Waals surface area contributed by atoms with E-state index in [2.05, 4.69) is 60.1 Å². The molecule has 0 N–H and O–H groups in total. The first-order chi connectivity index (χ1) is 11.3. The molecule has 1 saturated heterocycles. The van der Waals surface area contributed by atoms with Crippen LogP contribution >= 0.6 is 11.8 Å². The molecule has 1 aromatic heterocycles. The van der Waals surface area contributed by atoms with Crippen LogP contribution in [0.1, 0.15) is 42.2 Å². The van der Waals surface area contributed by atoms with E-state index in [1.165, 1.54) is 16.3 Å². The molecule has 0 unspecified atom stereocenters. The van der Waals surface area contributed by atoms with E-state index < -0.39 is 0 Å². The largest absolute Gasteiger partial charge is 0.338 e. The monoisotopic (exact) mass is 323 g/mol. The summed E-state index contributed by atoms with van der Waals surface area (Å²) in [5.74, 6) is 1.15. The molecule has 0 spiro atoms. The molecule has 118 valence electrons. The molecule has 1 fully saturated rings. The number of thioether (sulfide) groups is 1. The van der Waals surface area contributed by atoms with E-state index >= 15 is 0 Å². The lowest BCUT2D eigenvalue weighted by atomic mass is 9.94. The van der Waals surface area contributed by atoms with Gasteiger partial charge in [-0.25, -0.2) is 0 Å². The number of amidine groups is 1. The Balaban J connectivity index is 1.80. The van der Waals surface area contributed by atoms with E-state index in [9.17, 15) is 0 Å². The smallest absolute Gasteiger partial charge is 0.160 e. The summed E-state index contributed by atoms with van der Waals surface area (Å²) in [4.78, 5) is 12.2. The summed E-state index contributed by atoms with van der Waals surface area (Å²) in [6.45, 7) is 4.43. The maximum Gasteiger partial charge on any atom is 0.160 e. The number of aryl methyl sites for hydroxylation is 1. The fraction of sp³-hybridized carbons (Fsp3) is 0.368. The molecule has 3 nitrogen and oxygen atoms in total. The molecule has 3 atom stereocenters. The molecule has 2 aromatic rings. The second-order valence-corrected chi connectivity index (χ2v) is 7.24. The van der Waals surface area contributed by atoms with Crippen molar-refractivity contribution in [3.05, 3.63) is 65.5 Å². The third kappa shape index (κ3) is 2.55. The molecular formula is C19H21N3S. The minimum Gasteiger partial charge on any atom is -0.338 e. The van der Waals surface area contributed by atoms with Gasteiger partial charge in [0, 0.05) is 18.0 Å². The Kier molecular flexibility index (Phi) is 3.85. The van der Waals surface area contributed by atoms with Crippen molar-refractivity contribution in [2.75, 3.05) is 5.75 Å². The van der Waals surface area contributed by atoms with Gasteiger partial charge in [-0.1, -0.05) is 54.6 Å². The van der Waals surface area contributed by atoms with Crippen LogP contribution in [-0.4, -0.2) is 26.8 Å². The highest BCUT2D eigenvalue weighted by molar-refractivity contribution is 8.14. The average Bonchev–Trinajstić information content (AvgIpc) is 3.14. The van der Waals surface area contributed by atoms with Crippen LogP contribution in [0.4, 0.5) is 0 Å². The third-order valence-electron chi connectivity index (χ3n) is 4.71. The lowest BCUT2D eigenvalue weighted by Gasteiger charge is -2.32. The fourth-order valence-corrected chi connectivity index (χ4v) is 4.90. The van der Waals surface area contributed by atoms with Gasteiger partial charge in [-0.15, -0.1) is 0 Å². The maximum atomic E-state index is 5.05. The summed E-state index contributed by atoms with van der Waals surface area (Å²) < 4.78 is 0. The number of nitrogens with zero attached hydrogens (tertiary/aromatic N) is 3. The molecule has 0 bridgehead atoms. The Bertz CT molecular complexity index is 728. The van der Waals surface area contributed by atoms with Crippen LogP contribution in [-0.2, 0) is 0 Å². The number of hydrogen-bond donors (Lipinski definition) is 0. The zero-order valence-electron chi connectivity index (χ0n) is 13.5. The summed E-state index contributed by atoms with van der Waals surface area (Å²) in [6.07, 6.45) is 3.03. The number of aliphatic imine (C=N–C) groups is 1. The van der Waals surface area contributed by atoms with Crippen LogP contribution in [0.15, 0.2) is 53.7 Å². The predicted octanol–water partition coefficient (Wildman–Crippen LogP) is 4.37. The Morgan fingerprint density at radius 1 is 1.22 bits per heavy atom. The highest BCUT2D eigenvalue weighted by Crippen LogP contribution is 2.48. The van der Waals surface area contributed by atoms with Gasteiger partial charge in [0.1, 0.15) is 6.04 Å². The van der Waals surface area contributed by atoms with Gasteiger partial charge in [-0.05, 0) is 31.0 Å². The topological polar surface area (TPSA) is 28.5 Å². The number of rotatable bonds is 3. The molecular weight excluding hydrogens is 302 g/mol. The van der Waals surface area contributed by atoms with Crippen LogP contribution in [0.5, 0.6) is 0 Å².